The maximum atomic E-state index is 6.08. The van der Waals surface area contributed by atoms with E-state index < -0.39 is 0 Å². The normalized spacial score (nSPS) is 17.7. The van der Waals surface area contributed by atoms with Crippen LogP contribution in [0, 0.1) is 0 Å². The average Bonchev–Trinajstić information content (AvgIpc) is 2.88. The minimum Gasteiger partial charge on any atom is -0.345 e. The fourth-order valence-corrected chi connectivity index (χ4v) is 2.67. The van der Waals surface area contributed by atoms with Gasteiger partial charge in [0.2, 0.25) is 0 Å². The smallest absolute Gasteiger partial charge is 0.138 e. The molecule has 78 valence electrons. The Kier molecular flexibility index (Phi) is 2.17. The first-order chi connectivity index (χ1) is 7.34. The van der Waals surface area contributed by atoms with Crippen molar-refractivity contribution in [2.75, 3.05) is 0 Å². The van der Waals surface area contributed by atoms with Gasteiger partial charge in [0.1, 0.15) is 5.65 Å². The highest BCUT2D eigenvalue weighted by Gasteiger charge is 2.18. The van der Waals surface area contributed by atoms with Gasteiger partial charge in [-0.2, -0.15) is 0 Å². The lowest BCUT2D eigenvalue weighted by Gasteiger charge is -2.08. The molecule has 0 aromatic carbocycles. The maximum absolute atomic E-state index is 6.08. The maximum Gasteiger partial charge on any atom is 0.138 e. The number of hydrogen-bond donors (Lipinski definition) is 1. The van der Waals surface area contributed by atoms with E-state index in [1.807, 2.05) is 6.20 Å². The lowest BCUT2D eigenvalue weighted by molar-refractivity contribution is 0.721. The van der Waals surface area contributed by atoms with E-state index in [4.69, 9.17) is 11.6 Å². The summed E-state index contributed by atoms with van der Waals surface area (Å²) in [4.78, 5) is 7.47. The van der Waals surface area contributed by atoms with E-state index in [-0.39, 0.29) is 0 Å². The first-order valence-electron chi connectivity index (χ1n) is 5.47. The molecule has 0 spiro atoms. The van der Waals surface area contributed by atoms with Crippen molar-refractivity contribution in [1.82, 2.24) is 9.97 Å². The van der Waals surface area contributed by atoms with Crippen molar-refractivity contribution in [3.63, 3.8) is 0 Å². The predicted octanol–water partition coefficient (Wildman–Crippen LogP) is 3.87. The Morgan fingerprint density at radius 2 is 2.13 bits per heavy atom. The quantitative estimate of drug-likeness (QED) is 0.777. The van der Waals surface area contributed by atoms with E-state index in [9.17, 15) is 0 Å². The molecule has 1 aliphatic carbocycles. The molecule has 0 unspecified atom stereocenters. The van der Waals surface area contributed by atoms with Gasteiger partial charge in [-0.15, -0.1) is 0 Å². The fourth-order valence-electron chi connectivity index (χ4n) is 2.47. The minimum absolute atomic E-state index is 0.702. The van der Waals surface area contributed by atoms with Crippen molar-refractivity contribution in [3.8, 4) is 0 Å². The molecule has 3 rings (SSSR count). The zero-order valence-corrected chi connectivity index (χ0v) is 9.22. The fraction of sp³-hybridized carbons (Fsp3) is 0.417. The highest BCUT2D eigenvalue weighted by atomic mass is 35.5. The Morgan fingerprint density at radius 3 is 2.93 bits per heavy atom. The number of nitrogens with zero attached hydrogens (tertiary/aromatic N) is 1. The van der Waals surface area contributed by atoms with Crippen LogP contribution in [-0.2, 0) is 0 Å². The minimum atomic E-state index is 0.702. The summed E-state index contributed by atoms with van der Waals surface area (Å²) in [5, 5.41) is 1.83. The van der Waals surface area contributed by atoms with Crippen LogP contribution in [0.25, 0.3) is 11.0 Å². The molecule has 2 nitrogen and oxygen atoms in total. The van der Waals surface area contributed by atoms with Gasteiger partial charge in [-0.3, -0.25) is 0 Å². The SMILES string of the molecule is Clc1c[nH]c2ncc(C3CCCC3)cc12. The molecule has 0 atom stereocenters. The summed E-state index contributed by atoms with van der Waals surface area (Å²) in [6.07, 6.45) is 9.10. The molecule has 15 heavy (non-hydrogen) atoms. The summed E-state index contributed by atoms with van der Waals surface area (Å²) in [5.41, 5.74) is 2.24. The number of aromatic amines is 1. The van der Waals surface area contributed by atoms with Crippen LogP contribution in [0.1, 0.15) is 37.2 Å². The molecule has 0 aliphatic heterocycles. The van der Waals surface area contributed by atoms with E-state index in [1.54, 1.807) is 6.20 Å². The molecular formula is C12H13ClN2. The molecule has 0 amide bonds. The van der Waals surface area contributed by atoms with Gasteiger partial charge >= 0.3 is 0 Å². The second kappa shape index (κ2) is 3.53. The van der Waals surface area contributed by atoms with Gasteiger partial charge in [0.25, 0.3) is 0 Å². The third kappa shape index (κ3) is 1.53. The molecule has 1 aliphatic rings. The molecule has 1 N–H and O–H groups in total. The topological polar surface area (TPSA) is 28.7 Å². The largest absolute Gasteiger partial charge is 0.345 e. The predicted molar refractivity (Wildman–Crippen MR) is 62.3 cm³/mol. The lowest BCUT2D eigenvalue weighted by Crippen LogP contribution is -1.93. The van der Waals surface area contributed by atoms with Gasteiger partial charge in [-0.25, -0.2) is 4.98 Å². The van der Waals surface area contributed by atoms with E-state index in [0.717, 1.165) is 16.1 Å². The van der Waals surface area contributed by atoms with Gasteiger partial charge < -0.3 is 4.98 Å². The Morgan fingerprint density at radius 1 is 1.33 bits per heavy atom. The van der Waals surface area contributed by atoms with Gasteiger partial charge in [0.15, 0.2) is 0 Å². The second-order valence-electron chi connectivity index (χ2n) is 4.28. The van der Waals surface area contributed by atoms with Crippen LogP contribution < -0.4 is 0 Å². The third-order valence-electron chi connectivity index (χ3n) is 3.33. The summed E-state index contributed by atoms with van der Waals surface area (Å²) in [5.74, 6) is 0.702. The van der Waals surface area contributed by atoms with Gasteiger partial charge in [0.05, 0.1) is 5.02 Å². The second-order valence-corrected chi connectivity index (χ2v) is 4.69. The first-order valence-corrected chi connectivity index (χ1v) is 5.85. The third-order valence-corrected chi connectivity index (χ3v) is 3.64. The Hall–Kier alpha value is -1.02. The molecular weight excluding hydrogens is 208 g/mol. The van der Waals surface area contributed by atoms with Crippen molar-refractivity contribution in [1.29, 1.82) is 0 Å². The van der Waals surface area contributed by atoms with Crippen LogP contribution in [0.5, 0.6) is 0 Å². The Labute approximate surface area is 93.7 Å². The number of rotatable bonds is 1. The molecule has 1 saturated carbocycles. The zero-order chi connectivity index (χ0) is 10.3. The number of fused-ring (bicyclic) bond motifs is 1. The summed E-state index contributed by atoms with van der Waals surface area (Å²) < 4.78 is 0. The van der Waals surface area contributed by atoms with Crippen molar-refractivity contribution in [2.24, 2.45) is 0 Å². The van der Waals surface area contributed by atoms with E-state index in [2.05, 4.69) is 16.0 Å². The van der Waals surface area contributed by atoms with Crippen LogP contribution in [0.4, 0.5) is 0 Å². The van der Waals surface area contributed by atoms with E-state index in [0.29, 0.717) is 5.92 Å². The number of hydrogen-bond acceptors (Lipinski definition) is 1. The Balaban J connectivity index is 2.08. The van der Waals surface area contributed by atoms with Crippen molar-refractivity contribution in [2.45, 2.75) is 31.6 Å². The van der Waals surface area contributed by atoms with Crippen molar-refractivity contribution >= 4 is 22.6 Å². The summed E-state index contributed by atoms with van der Waals surface area (Å²) >= 11 is 6.08. The standard InChI is InChI=1S/C12H13ClN2/c13-11-7-15-12-10(11)5-9(6-14-12)8-3-1-2-4-8/h5-8H,1-4H2,(H,14,15). The van der Waals surface area contributed by atoms with Crippen LogP contribution in [0.3, 0.4) is 0 Å². The molecule has 0 radical (unpaired) electrons. The summed E-state index contributed by atoms with van der Waals surface area (Å²) in [7, 11) is 0. The van der Waals surface area contributed by atoms with Crippen LogP contribution in [0.2, 0.25) is 5.02 Å². The number of H-pyrrole nitrogens is 1. The molecule has 2 aromatic heterocycles. The molecule has 3 heteroatoms. The average molecular weight is 221 g/mol. The number of nitrogens with one attached hydrogen (secondary N) is 1. The van der Waals surface area contributed by atoms with Crippen LogP contribution in [-0.4, -0.2) is 9.97 Å². The van der Waals surface area contributed by atoms with Crippen LogP contribution in [0.15, 0.2) is 18.5 Å². The van der Waals surface area contributed by atoms with Gasteiger partial charge in [-0.05, 0) is 30.4 Å². The first kappa shape index (κ1) is 9.22. The molecule has 1 fully saturated rings. The number of halogens is 1. The number of pyridine rings is 1. The highest BCUT2D eigenvalue weighted by Crippen LogP contribution is 2.35. The van der Waals surface area contributed by atoms with Gasteiger partial charge in [0, 0.05) is 17.8 Å². The highest BCUT2D eigenvalue weighted by molar-refractivity contribution is 6.35. The summed E-state index contributed by atoms with van der Waals surface area (Å²) in [6.45, 7) is 0. The lowest BCUT2D eigenvalue weighted by atomic mass is 9.99. The molecule has 0 bridgehead atoms. The summed E-state index contributed by atoms with van der Waals surface area (Å²) in [6, 6.07) is 2.19. The van der Waals surface area contributed by atoms with E-state index >= 15 is 0 Å². The number of aromatic nitrogens is 2. The van der Waals surface area contributed by atoms with E-state index in [1.165, 1.54) is 31.2 Å². The Bertz CT molecular complexity index is 483. The van der Waals surface area contributed by atoms with Gasteiger partial charge in [-0.1, -0.05) is 24.4 Å². The van der Waals surface area contributed by atoms with Crippen molar-refractivity contribution < 1.29 is 0 Å². The molecule has 0 saturated heterocycles. The monoisotopic (exact) mass is 220 g/mol. The zero-order valence-electron chi connectivity index (χ0n) is 8.46. The molecule has 2 heterocycles. The van der Waals surface area contributed by atoms with Crippen LogP contribution >= 0.6 is 11.6 Å². The van der Waals surface area contributed by atoms with Crippen molar-refractivity contribution in [3.05, 3.63) is 29.0 Å². The molecule has 2 aromatic rings.